The van der Waals surface area contributed by atoms with Gasteiger partial charge in [-0.05, 0) is 48.7 Å². The molecule has 0 saturated heterocycles. The number of rotatable bonds is 3. The first-order valence-corrected chi connectivity index (χ1v) is 7.35. The summed E-state index contributed by atoms with van der Waals surface area (Å²) in [5.41, 5.74) is 7.99. The van der Waals surface area contributed by atoms with Crippen molar-refractivity contribution in [2.75, 3.05) is 7.11 Å². The minimum absolute atomic E-state index is 0.102. The molecule has 3 rings (SSSR count). The average Bonchev–Trinajstić information content (AvgIpc) is 3.00. The highest BCUT2D eigenvalue weighted by molar-refractivity contribution is 6.04. The van der Waals surface area contributed by atoms with Crippen LogP contribution in [0.15, 0.2) is 41.5 Å². The van der Waals surface area contributed by atoms with Crippen molar-refractivity contribution in [3.8, 4) is 11.5 Å². The number of nitrogens with one attached hydrogen (secondary N) is 1. The van der Waals surface area contributed by atoms with Crippen molar-refractivity contribution in [1.82, 2.24) is 5.43 Å². The van der Waals surface area contributed by atoms with E-state index in [1.54, 1.807) is 7.11 Å². The van der Waals surface area contributed by atoms with Gasteiger partial charge in [-0.15, -0.1) is 0 Å². The van der Waals surface area contributed by atoms with E-state index in [2.05, 4.69) is 16.6 Å². The van der Waals surface area contributed by atoms with Gasteiger partial charge in [0.15, 0.2) is 0 Å². The number of hydrogen-bond acceptors (Lipinski definition) is 4. The molecule has 0 saturated carbocycles. The van der Waals surface area contributed by atoms with Gasteiger partial charge in [0.25, 0.3) is 0 Å². The molecule has 1 aliphatic heterocycles. The van der Waals surface area contributed by atoms with Crippen LogP contribution in [0.1, 0.15) is 34.7 Å². The highest BCUT2D eigenvalue weighted by atomic mass is 16.5. The van der Waals surface area contributed by atoms with E-state index in [-0.39, 0.29) is 6.04 Å². The third-order valence-corrected chi connectivity index (χ3v) is 4.00. The van der Waals surface area contributed by atoms with Gasteiger partial charge in [-0.1, -0.05) is 18.2 Å². The molecule has 1 heterocycles. The Kier molecular flexibility index (Phi) is 3.75. The average molecular weight is 296 g/mol. The minimum Gasteiger partial charge on any atom is -0.507 e. The molecule has 114 valence electrons. The summed E-state index contributed by atoms with van der Waals surface area (Å²) in [5, 5.41) is 14.7. The third-order valence-electron chi connectivity index (χ3n) is 4.00. The van der Waals surface area contributed by atoms with Crippen LogP contribution in [0.5, 0.6) is 11.5 Å². The van der Waals surface area contributed by atoms with E-state index in [0.29, 0.717) is 5.75 Å². The molecule has 2 aromatic carbocycles. The summed E-state index contributed by atoms with van der Waals surface area (Å²) in [6.45, 7) is 3.94. The van der Waals surface area contributed by atoms with Crippen molar-refractivity contribution in [2.45, 2.75) is 26.3 Å². The standard InChI is InChI=1S/C18H20N2O2/c1-11-7-12(2)18(21)15(8-11)17-10-16(19-20-17)13-5-4-6-14(9-13)22-3/h4-9,16,19,21H,10H2,1-3H3/t16-/m0/s1. The molecule has 2 N–H and O–H groups in total. The lowest BCUT2D eigenvalue weighted by Crippen LogP contribution is -2.10. The molecule has 1 aliphatic rings. The minimum atomic E-state index is 0.102. The highest BCUT2D eigenvalue weighted by Gasteiger charge is 2.24. The number of hydrazone groups is 1. The molecular formula is C18H20N2O2. The molecule has 0 unspecified atom stereocenters. The number of hydrogen-bond donors (Lipinski definition) is 2. The number of nitrogens with zero attached hydrogens (tertiary/aromatic N) is 1. The van der Waals surface area contributed by atoms with Crippen molar-refractivity contribution < 1.29 is 9.84 Å². The number of benzene rings is 2. The van der Waals surface area contributed by atoms with Crippen LogP contribution in [0.2, 0.25) is 0 Å². The molecule has 22 heavy (non-hydrogen) atoms. The number of aryl methyl sites for hydroxylation is 2. The molecular weight excluding hydrogens is 276 g/mol. The van der Waals surface area contributed by atoms with Gasteiger partial charge >= 0.3 is 0 Å². The Balaban J connectivity index is 1.85. The van der Waals surface area contributed by atoms with Crippen LogP contribution in [0.3, 0.4) is 0 Å². The topological polar surface area (TPSA) is 53.9 Å². The molecule has 1 atom stereocenters. The summed E-state index contributed by atoms with van der Waals surface area (Å²) < 4.78 is 5.27. The Morgan fingerprint density at radius 3 is 2.82 bits per heavy atom. The van der Waals surface area contributed by atoms with E-state index in [4.69, 9.17) is 4.74 Å². The van der Waals surface area contributed by atoms with Gasteiger partial charge in [0.05, 0.1) is 18.9 Å². The van der Waals surface area contributed by atoms with E-state index in [1.165, 1.54) is 0 Å². The van der Waals surface area contributed by atoms with E-state index in [9.17, 15) is 5.11 Å². The van der Waals surface area contributed by atoms with Gasteiger partial charge in [0.2, 0.25) is 0 Å². The number of phenols is 1. The highest BCUT2D eigenvalue weighted by Crippen LogP contribution is 2.31. The van der Waals surface area contributed by atoms with E-state index in [1.807, 2.05) is 44.2 Å². The molecule has 2 aromatic rings. The zero-order chi connectivity index (χ0) is 15.7. The van der Waals surface area contributed by atoms with E-state index < -0.39 is 0 Å². The summed E-state index contributed by atoms with van der Waals surface area (Å²) in [6, 6.07) is 12.0. The molecule has 4 heteroatoms. The van der Waals surface area contributed by atoms with Crippen molar-refractivity contribution in [3.63, 3.8) is 0 Å². The SMILES string of the molecule is COc1cccc([C@@H]2CC(c3cc(C)cc(C)c3O)=NN2)c1. The predicted molar refractivity (Wildman–Crippen MR) is 87.6 cm³/mol. The van der Waals surface area contributed by atoms with Crippen molar-refractivity contribution in [2.24, 2.45) is 5.10 Å². The molecule has 0 spiro atoms. The summed E-state index contributed by atoms with van der Waals surface area (Å²) in [5.74, 6) is 1.15. The largest absolute Gasteiger partial charge is 0.507 e. The Labute approximate surface area is 130 Å². The fourth-order valence-corrected chi connectivity index (χ4v) is 2.84. The van der Waals surface area contributed by atoms with Crippen molar-refractivity contribution >= 4 is 5.71 Å². The van der Waals surface area contributed by atoms with Gasteiger partial charge < -0.3 is 15.3 Å². The first-order valence-electron chi connectivity index (χ1n) is 7.35. The normalized spacial score (nSPS) is 17.0. The van der Waals surface area contributed by atoms with Crippen LogP contribution in [-0.2, 0) is 0 Å². The Morgan fingerprint density at radius 1 is 1.23 bits per heavy atom. The first kappa shape index (κ1) is 14.4. The van der Waals surface area contributed by atoms with Crippen molar-refractivity contribution in [1.29, 1.82) is 0 Å². The third kappa shape index (κ3) is 2.64. The molecule has 0 bridgehead atoms. The van der Waals surface area contributed by atoms with Crippen LogP contribution in [0.25, 0.3) is 0 Å². The maximum absolute atomic E-state index is 10.3. The van der Waals surface area contributed by atoms with Crippen LogP contribution in [-0.4, -0.2) is 17.9 Å². The second kappa shape index (κ2) is 5.72. The molecule has 0 aromatic heterocycles. The Hall–Kier alpha value is -2.49. The van der Waals surface area contributed by atoms with Crippen LogP contribution < -0.4 is 10.2 Å². The molecule has 0 radical (unpaired) electrons. The lowest BCUT2D eigenvalue weighted by molar-refractivity contribution is 0.413. The van der Waals surface area contributed by atoms with Crippen LogP contribution >= 0.6 is 0 Å². The van der Waals surface area contributed by atoms with Gasteiger partial charge in [0.1, 0.15) is 11.5 Å². The Bertz CT molecular complexity index is 738. The molecule has 0 aliphatic carbocycles. The zero-order valence-corrected chi connectivity index (χ0v) is 13.1. The lowest BCUT2D eigenvalue weighted by atomic mass is 9.96. The smallest absolute Gasteiger partial charge is 0.127 e. The lowest BCUT2D eigenvalue weighted by Gasteiger charge is -2.12. The maximum atomic E-state index is 10.3. The maximum Gasteiger partial charge on any atom is 0.127 e. The predicted octanol–water partition coefficient (Wildman–Crippen LogP) is 3.46. The summed E-state index contributed by atoms with van der Waals surface area (Å²) >= 11 is 0. The number of aromatic hydroxyl groups is 1. The van der Waals surface area contributed by atoms with E-state index >= 15 is 0 Å². The first-order chi connectivity index (χ1) is 10.6. The number of methoxy groups -OCH3 is 1. The summed E-state index contributed by atoms with van der Waals surface area (Å²) in [4.78, 5) is 0. The number of ether oxygens (including phenoxy) is 1. The zero-order valence-electron chi connectivity index (χ0n) is 13.1. The monoisotopic (exact) mass is 296 g/mol. The van der Waals surface area contributed by atoms with Gasteiger partial charge in [-0.3, -0.25) is 0 Å². The summed E-state index contributed by atoms with van der Waals surface area (Å²) in [7, 11) is 1.66. The van der Waals surface area contributed by atoms with E-state index in [0.717, 1.165) is 40.1 Å². The molecule has 0 amide bonds. The van der Waals surface area contributed by atoms with Gasteiger partial charge in [0, 0.05) is 12.0 Å². The second-order valence-electron chi connectivity index (χ2n) is 5.70. The van der Waals surface area contributed by atoms with Crippen LogP contribution in [0, 0.1) is 13.8 Å². The Morgan fingerprint density at radius 2 is 2.05 bits per heavy atom. The molecule has 0 fully saturated rings. The number of phenolic OH excluding ortho intramolecular Hbond substituents is 1. The quantitative estimate of drug-likeness (QED) is 0.912. The fourth-order valence-electron chi connectivity index (χ4n) is 2.84. The van der Waals surface area contributed by atoms with Crippen molar-refractivity contribution in [3.05, 3.63) is 58.7 Å². The second-order valence-corrected chi connectivity index (χ2v) is 5.70. The fraction of sp³-hybridized carbons (Fsp3) is 0.278. The van der Waals surface area contributed by atoms with Gasteiger partial charge in [-0.2, -0.15) is 5.10 Å². The van der Waals surface area contributed by atoms with Gasteiger partial charge in [-0.25, -0.2) is 0 Å². The van der Waals surface area contributed by atoms with Crippen LogP contribution in [0.4, 0.5) is 0 Å². The molecule has 4 nitrogen and oxygen atoms in total. The summed E-state index contributed by atoms with van der Waals surface area (Å²) in [6.07, 6.45) is 0.740.